The molecule has 5 nitrogen and oxygen atoms in total. The van der Waals surface area contributed by atoms with E-state index in [0.717, 1.165) is 34.2 Å². The Kier molecular flexibility index (Phi) is 4.33. The van der Waals surface area contributed by atoms with Crippen molar-refractivity contribution in [2.75, 3.05) is 5.32 Å². The van der Waals surface area contributed by atoms with Crippen LogP contribution in [0.5, 0.6) is 0 Å². The highest BCUT2D eigenvalue weighted by Crippen LogP contribution is 2.30. The van der Waals surface area contributed by atoms with E-state index >= 15 is 0 Å². The molecule has 0 bridgehead atoms. The predicted octanol–water partition coefficient (Wildman–Crippen LogP) is 3.17. The molecule has 0 aliphatic heterocycles. The number of anilines is 2. The molecule has 1 amide bonds. The number of hydrogen-bond acceptors (Lipinski definition) is 3. The Morgan fingerprint density at radius 1 is 1.12 bits per heavy atom. The molecule has 0 saturated heterocycles. The number of aryl methyl sites for hydroxylation is 1. The van der Waals surface area contributed by atoms with Crippen molar-refractivity contribution in [1.29, 1.82) is 0 Å². The first kappa shape index (κ1) is 15.8. The summed E-state index contributed by atoms with van der Waals surface area (Å²) in [6.07, 6.45) is 0.250. The van der Waals surface area contributed by atoms with Gasteiger partial charge in [0.1, 0.15) is 17.3 Å². The SMILES string of the molecule is Cc1nc(-c2ccccc2)c(Nc2ccc(CC(N)=O)cc2)n1C. The van der Waals surface area contributed by atoms with E-state index in [-0.39, 0.29) is 12.3 Å². The molecule has 1 aromatic heterocycles. The molecule has 3 N–H and O–H groups in total. The Morgan fingerprint density at radius 3 is 2.42 bits per heavy atom. The maximum Gasteiger partial charge on any atom is 0.221 e. The third-order valence-electron chi connectivity index (χ3n) is 3.96. The summed E-state index contributed by atoms with van der Waals surface area (Å²) in [4.78, 5) is 15.7. The van der Waals surface area contributed by atoms with Crippen molar-refractivity contribution in [2.45, 2.75) is 13.3 Å². The van der Waals surface area contributed by atoms with Gasteiger partial charge in [0.25, 0.3) is 0 Å². The van der Waals surface area contributed by atoms with Crippen LogP contribution in [0.2, 0.25) is 0 Å². The molecule has 0 fully saturated rings. The zero-order chi connectivity index (χ0) is 17.1. The van der Waals surface area contributed by atoms with E-state index in [0.29, 0.717) is 0 Å². The summed E-state index contributed by atoms with van der Waals surface area (Å²) in [6, 6.07) is 17.8. The van der Waals surface area contributed by atoms with E-state index in [4.69, 9.17) is 5.73 Å². The third-order valence-corrected chi connectivity index (χ3v) is 3.96. The van der Waals surface area contributed by atoms with E-state index in [2.05, 4.69) is 10.3 Å². The van der Waals surface area contributed by atoms with Gasteiger partial charge in [-0.2, -0.15) is 0 Å². The van der Waals surface area contributed by atoms with E-state index in [1.807, 2.05) is 73.1 Å². The van der Waals surface area contributed by atoms with Crippen LogP contribution in [0.25, 0.3) is 11.3 Å². The van der Waals surface area contributed by atoms with Crippen LogP contribution in [-0.2, 0) is 18.3 Å². The van der Waals surface area contributed by atoms with Gasteiger partial charge in [0.2, 0.25) is 5.91 Å². The van der Waals surface area contributed by atoms with Gasteiger partial charge in [-0.15, -0.1) is 0 Å². The second-order valence-corrected chi connectivity index (χ2v) is 5.75. The maximum atomic E-state index is 11.0. The number of hydrogen-bond donors (Lipinski definition) is 2. The first-order valence-corrected chi connectivity index (χ1v) is 7.77. The average Bonchev–Trinajstić information content (AvgIpc) is 2.85. The van der Waals surface area contributed by atoms with Gasteiger partial charge >= 0.3 is 0 Å². The summed E-state index contributed by atoms with van der Waals surface area (Å²) in [5.41, 5.74) is 9.04. The van der Waals surface area contributed by atoms with Gasteiger partial charge < -0.3 is 15.6 Å². The van der Waals surface area contributed by atoms with Gasteiger partial charge in [0, 0.05) is 18.3 Å². The van der Waals surface area contributed by atoms with Gasteiger partial charge in [-0.05, 0) is 24.6 Å². The number of carbonyl (C=O) groups excluding carboxylic acids is 1. The van der Waals surface area contributed by atoms with Crippen LogP contribution in [-0.4, -0.2) is 15.5 Å². The van der Waals surface area contributed by atoms with E-state index in [9.17, 15) is 4.79 Å². The summed E-state index contributed by atoms with van der Waals surface area (Å²) < 4.78 is 2.03. The van der Waals surface area contributed by atoms with Crippen LogP contribution in [0.3, 0.4) is 0 Å². The topological polar surface area (TPSA) is 72.9 Å². The number of benzene rings is 2. The lowest BCUT2D eigenvalue weighted by atomic mass is 10.1. The van der Waals surface area contributed by atoms with Crippen LogP contribution in [0.4, 0.5) is 11.5 Å². The second-order valence-electron chi connectivity index (χ2n) is 5.75. The summed E-state index contributed by atoms with van der Waals surface area (Å²) in [5, 5.41) is 3.42. The number of imidazole rings is 1. The molecule has 0 saturated carbocycles. The van der Waals surface area contributed by atoms with Crippen molar-refractivity contribution in [3.05, 3.63) is 66.0 Å². The van der Waals surface area contributed by atoms with E-state index in [1.54, 1.807) is 0 Å². The van der Waals surface area contributed by atoms with Crippen LogP contribution < -0.4 is 11.1 Å². The Morgan fingerprint density at radius 2 is 1.79 bits per heavy atom. The standard InChI is InChI=1S/C19H20N4O/c1-13-21-18(15-6-4-3-5-7-15)19(23(13)2)22-16-10-8-14(9-11-16)12-17(20)24/h3-11,22H,12H2,1-2H3,(H2,20,24). The number of rotatable bonds is 5. The number of amides is 1. The number of primary amides is 1. The fourth-order valence-corrected chi connectivity index (χ4v) is 2.59. The number of nitrogens with two attached hydrogens (primary N) is 1. The smallest absolute Gasteiger partial charge is 0.221 e. The summed E-state index contributed by atoms with van der Waals surface area (Å²) in [5.74, 6) is 1.53. The molecule has 1 heterocycles. The molecule has 3 aromatic rings. The highest BCUT2D eigenvalue weighted by Gasteiger charge is 2.14. The summed E-state index contributed by atoms with van der Waals surface area (Å²) in [6.45, 7) is 1.98. The number of aromatic nitrogens is 2. The molecule has 3 rings (SSSR count). The molecule has 0 aliphatic carbocycles. The van der Waals surface area contributed by atoms with Gasteiger partial charge in [-0.25, -0.2) is 4.98 Å². The number of carbonyl (C=O) groups is 1. The van der Waals surface area contributed by atoms with Crippen molar-refractivity contribution in [1.82, 2.24) is 9.55 Å². The quantitative estimate of drug-likeness (QED) is 0.758. The van der Waals surface area contributed by atoms with E-state index < -0.39 is 0 Å². The molecule has 5 heteroatoms. The Labute approximate surface area is 141 Å². The number of nitrogens with zero attached hydrogens (tertiary/aromatic N) is 2. The zero-order valence-electron chi connectivity index (χ0n) is 13.8. The van der Waals surface area contributed by atoms with Gasteiger partial charge in [0.05, 0.1) is 6.42 Å². The zero-order valence-corrected chi connectivity index (χ0v) is 13.8. The van der Waals surface area contributed by atoms with Crippen molar-refractivity contribution in [3.8, 4) is 11.3 Å². The van der Waals surface area contributed by atoms with Crippen LogP contribution >= 0.6 is 0 Å². The van der Waals surface area contributed by atoms with Crippen molar-refractivity contribution in [3.63, 3.8) is 0 Å². The molecule has 122 valence electrons. The molecule has 0 unspecified atom stereocenters. The normalized spacial score (nSPS) is 10.6. The van der Waals surface area contributed by atoms with Crippen molar-refractivity contribution in [2.24, 2.45) is 12.8 Å². The fourth-order valence-electron chi connectivity index (χ4n) is 2.59. The largest absolute Gasteiger partial charge is 0.369 e. The molecular weight excluding hydrogens is 300 g/mol. The summed E-state index contributed by atoms with van der Waals surface area (Å²) >= 11 is 0. The molecule has 0 radical (unpaired) electrons. The maximum absolute atomic E-state index is 11.0. The van der Waals surface area contributed by atoms with Crippen molar-refractivity contribution >= 4 is 17.4 Å². The first-order chi connectivity index (χ1) is 11.5. The molecule has 0 atom stereocenters. The monoisotopic (exact) mass is 320 g/mol. The molecule has 24 heavy (non-hydrogen) atoms. The van der Waals surface area contributed by atoms with Crippen LogP contribution in [0, 0.1) is 6.92 Å². The minimum absolute atomic E-state index is 0.250. The molecule has 0 spiro atoms. The summed E-state index contributed by atoms with van der Waals surface area (Å²) in [7, 11) is 1.98. The van der Waals surface area contributed by atoms with Gasteiger partial charge in [-0.1, -0.05) is 42.5 Å². The lowest BCUT2D eigenvalue weighted by molar-refractivity contribution is -0.117. The number of nitrogens with one attached hydrogen (secondary N) is 1. The molecular formula is C19H20N4O. The second kappa shape index (κ2) is 6.58. The Balaban J connectivity index is 1.91. The third kappa shape index (κ3) is 3.30. The minimum atomic E-state index is -0.329. The molecule has 2 aromatic carbocycles. The average molecular weight is 320 g/mol. The van der Waals surface area contributed by atoms with Crippen LogP contribution in [0.15, 0.2) is 54.6 Å². The Hall–Kier alpha value is -3.08. The lowest BCUT2D eigenvalue weighted by Crippen LogP contribution is -2.13. The lowest BCUT2D eigenvalue weighted by Gasteiger charge is -2.11. The highest BCUT2D eigenvalue weighted by molar-refractivity contribution is 5.78. The fraction of sp³-hybridized carbons (Fsp3) is 0.158. The molecule has 0 aliphatic rings. The highest BCUT2D eigenvalue weighted by atomic mass is 16.1. The minimum Gasteiger partial charge on any atom is -0.369 e. The predicted molar refractivity (Wildman–Crippen MR) is 96.0 cm³/mol. The van der Waals surface area contributed by atoms with Gasteiger partial charge in [-0.3, -0.25) is 4.79 Å². The van der Waals surface area contributed by atoms with Crippen LogP contribution in [0.1, 0.15) is 11.4 Å². The van der Waals surface area contributed by atoms with E-state index in [1.165, 1.54) is 0 Å². The first-order valence-electron chi connectivity index (χ1n) is 7.77. The van der Waals surface area contributed by atoms with Gasteiger partial charge in [0.15, 0.2) is 0 Å². The van der Waals surface area contributed by atoms with Crippen molar-refractivity contribution < 1.29 is 4.79 Å². The Bertz CT molecular complexity index is 851.